The number of benzene rings is 2. The van der Waals surface area contributed by atoms with Gasteiger partial charge in [-0.3, -0.25) is 4.79 Å². The number of esters is 1. The van der Waals surface area contributed by atoms with E-state index in [1.54, 1.807) is 0 Å². The van der Waals surface area contributed by atoms with E-state index in [9.17, 15) is 18.0 Å². The predicted molar refractivity (Wildman–Crippen MR) is 119 cm³/mol. The van der Waals surface area contributed by atoms with Crippen LogP contribution in [0.1, 0.15) is 36.5 Å². The number of rotatable bonds is 6. The lowest BCUT2D eigenvalue weighted by molar-refractivity contribution is -0.123. The number of piperidine rings is 1. The van der Waals surface area contributed by atoms with Crippen LogP contribution in [-0.4, -0.2) is 43.8 Å². The molecule has 0 saturated carbocycles. The second kappa shape index (κ2) is 9.99. The summed E-state index contributed by atoms with van der Waals surface area (Å²) < 4.78 is 32.4. The van der Waals surface area contributed by atoms with Crippen LogP contribution in [0, 0.1) is 0 Å². The van der Waals surface area contributed by atoms with Crippen LogP contribution in [0.25, 0.3) is 0 Å². The molecule has 0 spiro atoms. The minimum atomic E-state index is -3.69. The maximum Gasteiger partial charge on any atom is 0.338 e. The molecule has 1 aliphatic rings. The molecule has 1 aliphatic heterocycles. The molecule has 2 aromatic rings. The van der Waals surface area contributed by atoms with Gasteiger partial charge in [0.1, 0.15) is 0 Å². The van der Waals surface area contributed by atoms with Crippen molar-refractivity contribution in [2.24, 2.45) is 0 Å². The summed E-state index contributed by atoms with van der Waals surface area (Å²) in [4.78, 5) is 24.8. The van der Waals surface area contributed by atoms with Gasteiger partial charge in [0.25, 0.3) is 5.91 Å². The quantitative estimate of drug-likeness (QED) is 0.615. The Morgan fingerprint density at radius 3 is 2.32 bits per heavy atom. The molecular weight excluding hydrogens is 463 g/mol. The lowest BCUT2D eigenvalue weighted by Gasteiger charge is -2.26. The Bertz CT molecular complexity index is 1070. The molecule has 1 heterocycles. The fraction of sp³-hybridized carbons (Fsp3) is 0.333. The summed E-state index contributed by atoms with van der Waals surface area (Å²) in [6.45, 7) is 2.33. The number of carbonyl (C=O) groups is 2. The fourth-order valence-electron chi connectivity index (χ4n) is 3.12. The molecule has 0 aromatic heterocycles. The predicted octanol–water partition coefficient (Wildman–Crippen LogP) is 4.35. The zero-order chi connectivity index (χ0) is 22.6. The average molecular weight is 485 g/mol. The molecule has 1 saturated heterocycles. The van der Waals surface area contributed by atoms with Crippen LogP contribution >= 0.6 is 23.2 Å². The number of hydrogen-bond acceptors (Lipinski definition) is 5. The number of anilines is 1. The molecule has 1 amide bonds. The lowest BCUT2D eigenvalue weighted by Crippen LogP contribution is -2.35. The van der Waals surface area contributed by atoms with E-state index in [4.69, 9.17) is 27.9 Å². The number of halogens is 2. The van der Waals surface area contributed by atoms with E-state index in [1.165, 1.54) is 53.7 Å². The van der Waals surface area contributed by atoms with Gasteiger partial charge >= 0.3 is 5.97 Å². The molecule has 31 heavy (non-hydrogen) atoms. The number of nitrogens with one attached hydrogen (secondary N) is 1. The molecule has 1 N–H and O–H groups in total. The topological polar surface area (TPSA) is 92.8 Å². The molecule has 3 rings (SSSR count). The van der Waals surface area contributed by atoms with Crippen molar-refractivity contribution in [2.45, 2.75) is 37.2 Å². The summed E-state index contributed by atoms with van der Waals surface area (Å²) in [7, 11) is -3.69. The lowest BCUT2D eigenvalue weighted by atomic mass is 10.2. The van der Waals surface area contributed by atoms with Gasteiger partial charge in [-0.05, 0) is 62.2 Å². The van der Waals surface area contributed by atoms with Crippen molar-refractivity contribution < 1.29 is 22.7 Å². The third-order valence-corrected chi connectivity index (χ3v) is 7.36. The van der Waals surface area contributed by atoms with Gasteiger partial charge in [0.15, 0.2) is 6.10 Å². The van der Waals surface area contributed by atoms with Crippen LogP contribution in [-0.2, 0) is 19.6 Å². The largest absolute Gasteiger partial charge is 0.449 e. The van der Waals surface area contributed by atoms with Gasteiger partial charge in [0, 0.05) is 18.1 Å². The van der Waals surface area contributed by atoms with Crippen LogP contribution < -0.4 is 5.32 Å². The van der Waals surface area contributed by atoms with Crippen molar-refractivity contribution in [3.63, 3.8) is 0 Å². The number of amides is 1. The summed E-state index contributed by atoms with van der Waals surface area (Å²) in [6, 6.07) is 10.2. The molecule has 2 aromatic carbocycles. The smallest absolute Gasteiger partial charge is 0.338 e. The number of carbonyl (C=O) groups excluding carboxylic acids is 2. The van der Waals surface area contributed by atoms with E-state index in [0.29, 0.717) is 18.1 Å². The highest BCUT2D eigenvalue weighted by atomic mass is 35.5. The maximum absolute atomic E-state index is 12.9. The number of ether oxygens (including phenoxy) is 1. The van der Waals surface area contributed by atoms with Gasteiger partial charge in [-0.2, -0.15) is 4.31 Å². The summed E-state index contributed by atoms with van der Waals surface area (Å²) in [5, 5.41) is 3.18. The van der Waals surface area contributed by atoms with E-state index in [1.807, 2.05) is 0 Å². The van der Waals surface area contributed by atoms with Crippen molar-refractivity contribution in [3.05, 3.63) is 58.1 Å². The van der Waals surface area contributed by atoms with Gasteiger partial charge in [-0.25, -0.2) is 13.2 Å². The fourth-order valence-corrected chi connectivity index (χ4v) is 4.95. The first-order chi connectivity index (χ1) is 14.7. The second-order valence-electron chi connectivity index (χ2n) is 7.15. The molecule has 1 atom stereocenters. The van der Waals surface area contributed by atoms with Gasteiger partial charge in [0.2, 0.25) is 10.0 Å². The molecule has 1 fully saturated rings. The van der Waals surface area contributed by atoms with Gasteiger partial charge in [0.05, 0.1) is 21.2 Å². The Labute approximate surface area is 191 Å². The minimum Gasteiger partial charge on any atom is -0.449 e. The molecule has 0 radical (unpaired) electrons. The van der Waals surface area contributed by atoms with Crippen LogP contribution in [0.15, 0.2) is 47.4 Å². The maximum atomic E-state index is 12.9. The van der Waals surface area contributed by atoms with E-state index in [2.05, 4.69) is 5.32 Å². The monoisotopic (exact) mass is 484 g/mol. The van der Waals surface area contributed by atoms with Crippen molar-refractivity contribution in [1.82, 2.24) is 4.31 Å². The van der Waals surface area contributed by atoms with E-state index < -0.39 is 28.0 Å². The first-order valence-corrected chi connectivity index (χ1v) is 11.9. The number of sulfonamides is 1. The van der Waals surface area contributed by atoms with Crippen molar-refractivity contribution in [2.75, 3.05) is 18.4 Å². The second-order valence-corrected chi connectivity index (χ2v) is 9.93. The highest BCUT2D eigenvalue weighted by Crippen LogP contribution is 2.28. The zero-order valence-corrected chi connectivity index (χ0v) is 19.1. The van der Waals surface area contributed by atoms with Gasteiger partial charge < -0.3 is 10.1 Å². The van der Waals surface area contributed by atoms with Gasteiger partial charge in [-0.15, -0.1) is 0 Å². The summed E-state index contributed by atoms with van der Waals surface area (Å²) in [5.41, 5.74) is 0.371. The van der Waals surface area contributed by atoms with Crippen LogP contribution in [0.2, 0.25) is 10.0 Å². The first kappa shape index (κ1) is 23.5. The van der Waals surface area contributed by atoms with E-state index in [-0.39, 0.29) is 21.2 Å². The van der Waals surface area contributed by atoms with Crippen LogP contribution in [0.3, 0.4) is 0 Å². The third-order valence-electron chi connectivity index (χ3n) is 4.88. The Balaban J connectivity index is 1.71. The zero-order valence-electron chi connectivity index (χ0n) is 16.8. The molecule has 166 valence electrons. The molecular formula is C21H22Cl2N2O5S. The highest BCUT2D eigenvalue weighted by Gasteiger charge is 2.27. The summed E-state index contributed by atoms with van der Waals surface area (Å²) in [6.07, 6.45) is 1.49. The normalized spacial score (nSPS) is 15.8. The van der Waals surface area contributed by atoms with Crippen LogP contribution in [0.4, 0.5) is 5.69 Å². The Hall–Kier alpha value is -2.13. The standard InChI is InChI=1S/C21H22Cl2N2O5S/c1-14(30-21(27)15-5-7-16(22)8-6-15)20(26)24-19-13-17(9-10-18(19)23)31(28,29)25-11-3-2-4-12-25/h5-10,13-14H,2-4,11-12H2,1H3,(H,24,26). The first-order valence-electron chi connectivity index (χ1n) is 9.75. The Morgan fingerprint density at radius 2 is 1.68 bits per heavy atom. The Kier molecular flexibility index (Phi) is 7.59. The number of hydrogen-bond donors (Lipinski definition) is 1. The summed E-state index contributed by atoms with van der Waals surface area (Å²) >= 11 is 12.0. The van der Waals surface area contributed by atoms with Crippen molar-refractivity contribution >= 4 is 50.8 Å². The van der Waals surface area contributed by atoms with E-state index >= 15 is 0 Å². The van der Waals surface area contributed by atoms with Crippen LogP contribution in [0.5, 0.6) is 0 Å². The SMILES string of the molecule is CC(OC(=O)c1ccc(Cl)cc1)C(=O)Nc1cc(S(=O)(=O)N2CCCCC2)ccc1Cl. The van der Waals surface area contributed by atoms with E-state index in [0.717, 1.165) is 19.3 Å². The molecule has 0 aliphatic carbocycles. The molecule has 0 bridgehead atoms. The van der Waals surface area contributed by atoms with Crippen molar-refractivity contribution in [3.8, 4) is 0 Å². The minimum absolute atomic E-state index is 0.0416. The Morgan fingerprint density at radius 1 is 1.03 bits per heavy atom. The molecule has 7 nitrogen and oxygen atoms in total. The summed E-state index contributed by atoms with van der Waals surface area (Å²) in [5.74, 6) is -1.33. The molecule has 1 unspecified atom stereocenters. The van der Waals surface area contributed by atoms with Gasteiger partial charge in [-0.1, -0.05) is 29.6 Å². The van der Waals surface area contributed by atoms with Crippen molar-refractivity contribution in [1.29, 1.82) is 0 Å². The third kappa shape index (κ3) is 5.77. The highest BCUT2D eigenvalue weighted by molar-refractivity contribution is 7.89. The number of nitrogens with zero attached hydrogens (tertiary/aromatic N) is 1. The molecule has 10 heteroatoms. The average Bonchev–Trinajstić information content (AvgIpc) is 2.76.